The summed E-state index contributed by atoms with van der Waals surface area (Å²) in [5.74, 6) is 0. The van der Waals surface area contributed by atoms with Crippen LogP contribution in [0, 0.1) is 0 Å². The quantitative estimate of drug-likeness (QED) is 0.562. The zero-order valence-electron chi connectivity index (χ0n) is 11.1. The zero-order chi connectivity index (χ0) is 15.3. The third-order valence-electron chi connectivity index (χ3n) is 3.04. The molecule has 8 heteroatoms. The van der Waals surface area contributed by atoms with E-state index in [-0.39, 0.29) is 13.0 Å². The van der Waals surface area contributed by atoms with E-state index < -0.39 is 17.8 Å². The number of halogens is 1. The highest BCUT2D eigenvalue weighted by Gasteiger charge is 2.41. The van der Waals surface area contributed by atoms with E-state index in [4.69, 9.17) is 5.11 Å². The zero-order valence-corrected chi connectivity index (χ0v) is 12.7. The Hall–Kier alpha value is -1.83. The standard InChI is InChI=1S/C12H16BrN3O4/c1-3-12(15-10(17)18,16(4-2)11(19)20)8-5-6-9(13)14-7-8/h5-7,15H,3-4H2,1-2H3,(H,17,18)(H,19,20). The summed E-state index contributed by atoms with van der Waals surface area (Å²) in [5, 5.41) is 20.7. The van der Waals surface area contributed by atoms with Gasteiger partial charge in [0.05, 0.1) is 0 Å². The number of hydrogen-bond acceptors (Lipinski definition) is 3. The molecule has 110 valence electrons. The van der Waals surface area contributed by atoms with Crippen LogP contribution in [0.3, 0.4) is 0 Å². The molecule has 20 heavy (non-hydrogen) atoms. The van der Waals surface area contributed by atoms with Gasteiger partial charge in [-0.3, -0.25) is 10.2 Å². The van der Waals surface area contributed by atoms with Crippen LogP contribution < -0.4 is 5.32 Å². The maximum Gasteiger partial charge on any atom is 0.409 e. The minimum atomic E-state index is -1.36. The average Bonchev–Trinajstić information content (AvgIpc) is 2.38. The first-order valence-corrected chi connectivity index (χ1v) is 6.80. The van der Waals surface area contributed by atoms with Crippen molar-refractivity contribution in [2.75, 3.05) is 6.54 Å². The Kier molecular flexibility index (Phi) is 5.32. The van der Waals surface area contributed by atoms with Gasteiger partial charge in [-0.2, -0.15) is 0 Å². The number of nitrogens with one attached hydrogen (secondary N) is 1. The van der Waals surface area contributed by atoms with Crippen molar-refractivity contribution in [3.05, 3.63) is 28.5 Å². The van der Waals surface area contributed by atoms with E-state index in [2.05, 4.69) is 26.2 Å². The molecule has 0 aliphatic rings. The van der Waals surface area contributed by atoms with Gasteiger partial charge in [-0.05, 0) is 35.3 Å². The highest BCUT2D eigenvalue weighted by atomic mass is 79.9. The van der Waals surface area contributed by atoms with Crippen molar-refractivity contribution >= 4 is 28.1 Å². The number of rotatable bonds is 5. The van der Waals surface area contributed by atoms with Gasteiger partial charge in [-0.15, -0.1) is 0 Å². The van der Waals surface area contributed by atoms with E-state index in [0.717, 1.165) is 4.90 Å². The predicted molar refractivity (Wildman–Crippen MR) is 75.5 cm³/mol. The Morgan fingerprint density at radius 2 is 2.05 bits per heavy atom. The molecule has 0 aliphatic heterocycles. The van der Waals surface area contributed by atoms with Crippen LogP contribution >= 0.6 is 15.9 Å². The molecule has 1 aromatic heterocycles. The predicted octanol–water partition coefficient (Wildman–Crippen LogP) is 2.67. The van der Waals surface area contributed by atoms with Gasteiger partial charge in [0.2, 0.25) is 0 Å². The van der Waals surface area contributed by atoms with Crippen LogP contribution in [0.5, 0.6) is 0 Å². The van der Waals surface area contributed by atoms with Crippen LogP contribution in [0.4, 0.5) is 9.59 Å². The first kappa shape index (κ1) is 16.2. The summed E-state index contributed by atoms with van der Waals surface area (Å²) in [6.07, 6.45) is -0.807. The summed E-state index contributed by atoms with van der Waals surface area (Å²) in [6, 6.07) is 3.28. The van der Waals surface area contributed by atoms with Crippen molar-refractivity contribution in [3.8, 4) is 0 Å². The van der Waals surface area contributed by atoms with Gasteiger partial charge in [0.1, 0.15) is 10.3 Å². The molecular formula is C12H16BrN3O4. The molecule has 0 spiro atoms. The SMILES string of the molecule is CCN(C(=O)O)C(CC)(NC(=O)O)c1ccc(Br)nc1. The summed E-state index contributed by atoms with van der Waals surface area (Å²) in [7, 11) is 0. The summed E-state index contributed by atoms with van der Waals surface area (Å²) in [5.41, 5.74) is -0.894. The Morgan fingerprint density at radius 1 is 1.40 bits per heavy atom. The summed E-state index contributed by atoms with van der Waals surface area (Å²) in [4.78, 5) is 27.6. The third kappa shape index (κ3) is 3.19. The Morgan fingerprint density at radius 3 is 2.40 bits per heavy atom. The van der Waals surface area contributed by atoms with E-state index in [1.54, 1.807) is 26.0 Å². The second kappa shape index (κ2) is 6.56. The molecule has 1 aromatic rings. The Labute approximate surface area is 124 Å². The molecule has 1 atom stereocenters. The lowest BCUT2D eigenvalue weighted by Gasteiger charge is -2.41. The molecule has 1 heterocycles. The van der Waals surface area contributed by atoms with E-state index in [1.165, 1.54) is 6.20 Å². The van der Waals surface area contributed by atoms with Crippen LogP contribution in [0.1, 0.15) is 25.8 Å². The Balaban J connectivity index is 3.41. The van der Waals surface area contributed by atoms with Crippen molar-refractivity contribution < 1.29 is 19.8 Å². The molecule has 0 aromatic carbocycles. The van der Waals surface area contributed by atoms with E-state index in [0.29, 0.717) is 10.2 Å². The fourth-order valence-electron chi connectivity index (χ4n) is 2.14. The summed E-state index contributed by atoms with van der Waals surface area (Å²) >= 11 is 3.19. The van der Waals surface area contributed by atoms with E-state index in [9.17, 15) is 14.7 Å². The molecule has 0 aliphatic carbocycles. The fourth-order valence-corrected chi connectivity index (χ4v) is 2.38. The van der Waals surface area contributed by atoms with Crippen LogP contribution in [0.25, 0.3) is 0 Å². The number of hydrogen-bond donors (Lipinski definition) is 3. The Bertz CT molecular complexity index is 494. The lowest BCUT2D eigenvalue weighted by Crippen LogP contribution is -2.59. The van der Waals surface area contributed by atoms with Crippen molar-refractivity contribution in [2.45, 2.75) is 25.9 Å². The van der Waals surface area contributed by atoms with Gasteiger partial charge in [-0.1, -0.05) is 13.0 Å². The molecule has 0 fully saturated rings. The van der Waals surface area contributed by atoms with E-state index >= 15 is 0 Å². The molecule has 0 bridgehead atoms. The number of carboxylic acid groups (broad SMARTS) is 2. The van der Waals surface area contributed by atoms with Crippen LogP contribution in [0.15, 0.2) is 22.9 Å². The highest BCUT2D eigenvalue weighted by Crippen LogP contribution is 2.30. The number of pyridine rings is 1. The van der Waals surface area contributed by atoms with Crippen LogP contribution in [-0.2, 0) is 5.66 Å². The minimum Gasteiger partial charge on any atom is -0.465 e. The second-order valence-electron chi connectivity index (χ2n) is 4.04. The van der Waals surface area contributed by atoms with Crippen molar-refractivity contribution in [1.82, 2.24) is 15.2 Å². The van der Waals surface area contributed by atoms with Gasteiger partial charge >= 0.3 is 12.2 Å². The normalized spacial score (nSPS) is 13.3. The molecule has 0 radical (unpaired) electrons. The van der Waals surface area contributed by atoms with Crippen molar-refractivity contribution in [2.24, 2.45) is 0 Å². The molecule has 0 saturated heterocycles. The minimum absolute atomic E-state index is 0.138. The van der Waals surface area contributed by atoms with Gasteiger partial charge < -0.3 is 10.2 Å². The molecule has 3 N–H and O–H groups in total. The topological polar surface area (TPSA) is 103 Å². The van der Waals surface area contributed by atoms with Crippen LogP contribution in [-0.4, -0.2) is 38.8 Å². The highest BCUT2D eigenvalue weighted by molar-refractivity contribution is 9.10. The monoisotopic (exact) mass is 345 g/mol. The molecule has 1 rings (SSSR count). The lowest BCUT2D eigenvalue weighted by molar-refractivity contribution is 0.0504. The first-order valence-electron chi connectivity index (χ1n) is 6.01. The number of nitrogens with zero attached hydrogens (tertiary/aromatic N) is 2. The molecular weight excluding hydrogens is 330 g/mol. The first-order chi connectivity index (χ1) is 9.37. The largest absolute Gasteiger partial charge is 0.465 e. The van der Waals surface area contributed by atoms with Crippen molar-refractivity contribution in [3.63, 3.8) is 0 Å². The van der Waals surface area contributed by atoms with Gasteiger partial charge in [0.25, 0.3) is 0 Å². The number of amides is 2. The molecule has 0 saturated carbocycles. The maximum absolute atomic E-state index is 11.4. The molecule has 7 nitrogen and oxygen atoms in total. The second-order valence-corrected chi connectivity index (χ2v) is 4.85. The van der Waals surface area contributed by atoms with Gasteiger partial charge in [0.15, 0.2) is 0 Å². The number of aromatic nitrogens is 1. The molecule has 1 unspecified atom stereocenters. The van der Waals surface area contributed by atoms with Crippen molar-refractivity contribution in [1.29, 1.82) is 0 Å². The molecule has 2 amide bonds. The fraction of sp³-hybridized carbons (Fsp3) is 0.417. The van der Waals surface area contributed by atoms with Crippen LogP contribution in [0.2, 0.25) is 0 Å². The summed E-state index contributed by atoms with van der Waals surface area (Å²) in [6.45, 7) is 3.50. The lowest BCUT2D eigenvalue weighted by atomic mass is 9.96. The maximum atomic E-state index is 11.4. The average molecular weight is 346 g/mol. The smallest absolute Gasteiger partial charge is 0.409 e. The third-order valence-corrected chi connectivity index (χ3v) is 3.51. The summed E-state index contributed by atoms with van der Waals surface area (Å²) < 4.78 is 0.583. The van der Waals surface area contributed by atoms with Gasteiger partial charge in [0, 0.05) is 18.3 Å². The van der Waals surface area contributed by atoms with Gasteiger partial charge in [-0.25, -0.2) is 14.6 Å². The van der Waals surface area contributed by atoms with E-state index in [1.807, 2.05) is 0 Å². The number of carbonyl (C=O) groups is 2.